The van der Waals surface area contributed by atoms with E-state index >= 15 is 0 Å². The molecule has 1 aliphatic rings. The molecule has 1 rings (SSSR count). The molecule has 0 atom stereocenters. The number of carbonyl (C=O) groups is 1. The molecule has 0 aromatic heterocycles. The van der Waals surface area contributed by atoms with Gasteiger partial charge < -0.3 is 0 Å². The van der Waals surface area contributed by atoms with Gasteiger partial charge in [0.2, 0.25) is 0 Å². The van der Waals surface area contributed by atoms with E-state index in [9.17, 15) is 4.79 Å². The zero-order valence-corrected chi connectivity index (χ0v) is 8.39. The van der Waals surface area contributed by atoms with E-state index in [0.29, 0.717) is 17.7 Å². The summed E-state index contributed by atoms with van der Waals surface area (Å²) in [4.78, 5) is 13.2. The van der Waals surface area contributed by atoms with Crippen molar-refractivity contribution < 1.29 is 4.79 Å². The molecule has 12 heavy (non-hydrogen) atoms. The van der Waals surface area contributed by atoms with Crippen LogP contribution in [0.1, 0.15) is 40.0 Å². The molecule has 0 unspecified atom stereocenters. The lowest BCUT2D eigenvalue weighted by Gasteiger charge is -2.31. The average molecular weight is 169 g/mol. The van der Waals surface area contributed by atoms with E-state index in [1.54, 1.807) is 6.92 Å². The van der Waals surface area contributed by atoms with E-state index in [4.69, 9.17) is 0 Å². The Labute approximate surface area is 74.9 Å². The summed E-state index contributed by atoms with van der Waals surface area (Å²) in [5.41, 5.74) is 0.329. The maximum atomic E-state index is 10.8. The van der Waals surface area contributed by atoms with Gasteiger partial charge in [0.25, 0.3) is 0 Å². The van der Waals surface area contributed by atoms with Crippen LogP contribution in [0.5, 0.6) is 0 Å². The Morgan fingerprint density at radius 1 is 1.50 bits per heavy atom. The van der Waals surface area contributed by atoms with Crippen LogP contribution in [0, 0.1) is 0 Å². The van der Waals surface area contributed by atoms with Gasteiger partial charge >= 0.3 is 0 Å². The molecule has 1 fully saturated rings. The summed E-state index contributed by atoms with van der Waals surface area (Å²) in [6.07, 6.45) is 3.26. The van der Waals surface area contributed by atoms with Gasteiger partial charge in [-0.15, -0.1) is 0 Å². The molecule has 0 bridgehead atoms. The Morgan fingerprint density at radius 3 is 2.58 bits per heavy atom. The lowest BCUT2D eigenvalue weighted by atomic mass is 10.0. The molecule has 2 nitrogen and oxygen atoms in total. The van der Waals surface area contributed by atoms with Crippen molar-refractivity contribution in [3.05, 3.63) is 0 Å². The molecule has 0 saturated carbocycles. The third-order valence-electron chi connectivity index (χ3n) is 2.81. The van der Waals surface area contributed by atoms with E-state index in [0.717, 1.165) is 6.54 Å². The first kappa shape index (κ1) is 9.72. The fraction of sp³-hybridized carbons (Fsp3) is 0.900. The second-order valence-electron chi connectivity index (χ2n) is 4.36. The Bertz CT molecular complexity index is 175. The molecule has 0 aromatic rings. The Balaban J connectivity index is 2.36. The van der Waals surface area contributed by atoms with Crippen LogP contribution in [0.25, 0.3) is 0 Å². The summed E-state index contributed by atoms with van der Waals surface area (Å²) in [5, 5.41) is 0. The highest BCUT2D eigenvalue weighted by Crippen LogP contribution is 2.27. The van der Waals surface area contributed by atoms with Crippen molar-refractivity contribution in [2.45, 2.75) is 45.6 Å². The minimum absolute atomic E-state index is 0.303. The number of rotatable bonds is 3. The molecule has 0 aromatic carbocycles. The molecule has 0 radical (unpaired) electrons. The summed E-state index contributed by atoms with van der Waals surface area (Å²) >= 11 is 0. The van der Waals surface area contributed by atoms with Crippen molar-refractivity contribution in [1.82, 2.24) is 4.90 Å². The normalized spacial score (nSPS) is 22.9. The quantitative estimate of drug-likeness (QED) is 0.642. The van der Waals surface area contributed by atoms with Crippen molar-refractivity contribution in [3.63, 3.8) is 0 Å². The first-order valence-corrected chi connectivity index (χ1v) is 4.77. The van der Waals surface area contributed by atoms with Crippen LogP contribution in [0.3, 0.4) is 0 Å². The van der Waals surface area contributed by atoms with Gasteiger partial charge in [0.05, 0.1) is 0 Å². The Morgan fingerprint density at radius 2 is 2.17 bits per heavy atom. The number of ketones is 1. The molecular weight excluding hydrogens is 150 g/mol. The molecule has 0 spiro atoms. The van der Waals surface area contributed by atoms with Crippen LogP contribution in [-0.4, -0.2) is 29.3 Å². The highest BCUT2D eigenvalue weighted by molar-refractivity contribution is 5.75. The van der Waals surface area contributed by atoms with Gasteiger partial charge in [-0.1, -0.05) is 0 Å². The second-order valence-corrected chi connectivity index (χ2v) is 4.36. The van der Waals surface area contributed by atoms with Gasteiger partial charge in [-0.2, -0.15) is 0 Å². The maximum absolute atomic E-state index is 10.8. The van der Waals surface area contributed by atoms with E-state index in [1.807, 2.05) is 0 Å². The van der Waals surface area contributed by atoms with Crippen molar-refractivity contribution in [1.29, 1.82) is 0 Å². The van der Waals surface area contributed by atoms with Crippen LogP contribution >= 0.6 is 0 Å². The van der Waals surface area contributed by atoms with Gasteiger partial charge in [-0.3, -0.25) is 9.69 Å². The molecule has 1 heterocycles. The van der Waals surface area contributed by atoms with Crippen molar-refractivity contribution in [2.24, 2.45) is 0 Å². The number of carbonyl (C=O) groups excluding carboxylic acids is 1. The number of hydrogen-bond acceptors (Lipinski definition) is 2. The minimum Gasteiger partial charge on any atom is -0.300 e. The molecular formula is C10H19NO. The highest BCUT2D eigenvalue weighted by Gasteiger charge is 2.31. The van der Waals surface area contributed by atoms with Gasteiger partial charge in [0.1, 0.15) is 5.78 Å². The summed E-state index contributed by atoms with van der Waals surface area (Å²) < 4.78 is 0. The van der Waals surface area contributed by atoms with Gasteiger partial charge in [0, 0.05) is 18.5 Å². The molecule has 1 saturated heterocycles. The Kier molecular flexibility index (Phi) is 2.89. The second kappa shape index (κ2) is 3.56. The van der Waals surface area contributed by atoms with Crippen LogP contribution in [0.15, 0.2) is 0 Å². The third-order valence-corrected chi connectivity index (χ3v) is 2.81. The Hall–Kier alpha value is -0.370. The maximum Gasteiger partial charge on any atom is 0.131 e. The lowest BCUT2D eigenvalue weighted by molar-refractivity contribution is -0.117. The fourth-order valence-electron chi connectivity index (χ4n) is 1.87. The van der Waals surface area contributed by atoms with E-state index < -0.39 is 0 Å². The van der Waals surface area contributed by atoms with E-state index in [2.05, 4.69) is 18.7 Å². The molecule has 0 aliphatic carbocycles. The number of Topliss-reactive ketones (excluding diaryl/α,β-unsaturated/α-hetero) is 1. The predicted octanol–water partition coefficient (Wildman–Crippen LogP) is 1.84. The zero-order chi connectivity index (χ0) is 9.19. The molecule has 1 aliphatic heterocycles. The first-order valence-electron chi connectivity index (χ1n) is 4.77. The standard InChI is InChI=1S/C10H19NO/c1-9(12)5-8-11-7-4-6-10(11,2)3/h4-8H2,1-3H3. The van der Waals surface area contributed by atoms with Crippen molar-refractivity contribution >= 4 is 5.78 Å². The van der Waals surface area contributed by atoms with Crippen LogP contribution in [0.2, 0.25) is 0 Å². The predicted molar refractivity (Wildman–Crippen MR) is 50.2 cm³/mol. The van der Waals surface area contributed by atoms with E-state index in [1.165, 1.54) is 19.4 Å². The summed E-state index contributed by atoms with van der Waals surface area (Å²) in [5.74, 6) is 0.303. The van der Waals surface area contributed by atoms with Crippen LogP contribution < -0.4 is 0 Å². The third kappa shape index (κ3) is 2.31. The summed E-state index contributed by atoms with van der Waals surface area (Å²) in [7, 11) is 0. The van der Waals surface area contributed by atoms with Crippen LogP contribution in [0.4, 0.5) is 0 Å². The molecule has 70 valence electrons. The fourth-order valence-corrected chi connectivity index (χ4v) is 1.87. The number of likely N-dealkylation sites (tertiary alicyclic amines) is 1. The lowest BCUT2D eigenvalue weighted by Crippen LogP contribution is -2.39. The monoisotopic (exact) mass is 169 g/mol. The van der Waals surface area contributed by atoms with Gasteiger partial charge in [0.15, 0.2) is 0 Å². The smallest absolute Gasteiger partial charge is 0.131 e. The average Bonchev–Trinajstić information content (AvgIpc) is 2.25. The van der Waals surface area contributed by atoms with Gasteiger partial charge in [-0.05, 0) is 40.2 Å². The molecule has 0 N–H and O–H groups in total. The molecule has 0 amide bonds. The largest absolute Gasteiger partial charge is 0.300 e. The SMILES string of the molecule is CC(=O)CCN1CCCC1(C)C. The summed E-state index contributed by atoms with van der Waals surface area (Å²) in [6.45, 7) is 8.31. The number of nitrogens with zero attached hydrogens (tertiary/aromatic N) is 1. The number of hydrogen-bond donors (Lipinski definition) is 0. The van der Waals surface area contributed by atoms with Crippen molar-refractivity contribution in [3.8, 4) is 0 Å². The zero-order valence-electron chi connectivity index (χ0n) is 8.39. The minimum atomic E-state index is 0.303. The van der Waals surface area contributed by atoms with E-state index in [-0.39, 0.29) is 0 Å². The highest BCUT2D eigenvalue weighted by atomic mass is 16.1. The van der Waals surface area contributed by atoms with Crippen molar-refractivity contribution in [2.75, 3.05) is 13.1 Å². The topological polar surface area (TPSA) is 20.3 Å². The summed E-state index contributed by atoms with van der Waals surface area (Å²) in [6, 6.07) is 0. The van der Waals surface area contributed by atoms with Crippen LogP contribution in [-0.2, 0) is 4.79 Å². The van der Waals surface area contributed by atoms with Gasteiger partial charge in [-0.25, -0.2) is 0 Å². The molecule has 2 heteroatoms. The first-order chi connectivity index (χ1) is 5.52.